The molecule has 0 aliphatic rings. The van der Waals surface area contributed by atoms with Crippen molar-refractivity contribution in [2.45, 2.75) is 62.2 Å². The van der Waals surface area contributed by atoms with Crippen molar-refractivity contribution < 1.29 is 0 Å². The van der Waals surface area contributed by atoms with Gasteiger partial charge in [0.1, 0.15) is 0 Å². The second kappa shape index (κ2) is 10.8. The lowest BCUT2D eigenvalue weighted by molar-refractivity contribution is 0.778. The molecule has 0 atom stereocenters. The Bertz CT molecular complexity index is 282. The van der Waals surface area contributed by atoms with Crippen molar-refractivity contribution in [3.8, 4) is 0 Å². The highest BCUT2D eigenvalue weighted by atomic mass is 32.2. The highest BCUT2D eigenvalue weighted by Crippen LogP contribution is 2.26. The summed E-state index contributed by atoms with van der Waals surface area (Å²) in [4.78, 5) is 2.87. The molecule has 1 aromatic rings. The van der Waals surface area contributed by atoms with Crippen LogP contribution < -0.4 is 0 Å². The zero-order valence-electron chi connectivity index (χ0n) is 11.8. The van der Waals surface area contributed by atoms with E-state index in [4.69, 9.17) is 0 Å². The third-order valence-electron chi connectivity index (χ3n) is 2.84. The summed E-state index contributed by atoms with van der Waals surface area (Å²) in [5.41, 5.74) is 0. The lowest BCUT2D eigenvalue weighted by atomic mass is 10.3. The van der Waals surface area contributed by atoms with Crippen LogP contribution in [0, 0.1) is 0 Å². The first-order valence-corrected chi connectivity index (χ1v) is 9.19. The smallest absolute Gasteiger partial charge is 0.00830 e. The molecule has 0 aliphatic carbocycles. The number of hydrogen-bond donors (Lipinski definition) is 0. The first kappa shape index (κ1) is 16.0. The van der Waals surface area contributed by atoms with Crippen molar-refractivity contribution in [2.24, 2.45) is 0 Å². The van der Waals surface area contributed by atoms with Crippen LogP contribution in [0.15, 0.2) is 34.1 Å². The van der Waals surface area contributed by atoms with Gasteiger partial charge < -0.3 is 0 Å². The van der Waals surface area contributed by atoms with E-state index in [-0.39, 0.29) is 0 Å². The normalized spacial score (nSPS) is 10.8. The standard InChI is InChI=1S/C16H26S2/c1-3-5-7-12-17-15-10-9-11-16(14-15)18-13-8-6-4-2/h9-11,14H,3-8,12-13H2,1-2H3. The Labute approximate surface area is 121 Å². The molecule has 0 nitrogen and oxygen atoms in total. The highest BCUT2D eigenvalue weighted by molar-refractivity contribution is 8.00. The Morgan fingerprint density at radius 2 is 1.28 bits per heavy atom. The van der Waals surface area contributed by atoms with Gasteiger partial charge in [-0.2, -0.15) is 0 Å². The van der Waals surface area contributed by atoms with Crippen molar-refractivity contribution in [3.05, 3.63) is 24.3 Å². The fourth-order valence-electron chi connectivity index (χ4n) is 1.74. The van der Waals surface area contributed by atoms with E-state index in [1.807, 2.05) is 23.5 Å². The predicted octanol–water partition coefficient (Wildman–Crippen LogP) is 6.25. The Hall–Kier alpha value is -0.0800. The highest BCUT2D eigenvalue weighted by Gasteiger charge is 1.98. The van der Waals surface area contributed by atoms with Gasteiger partial charge in [-0.1, -0.05) is 45.6 Å². The van der Waals surface area contributed by atoms with Gasteiger partial charge >= 0.3 is 0 Å². The largest absolute Gasteiger partial charge is 0.126 e. The van der Waals surface area contributed by atoms with Crippen LogP contribution in [0.5, 0.6) is 0 Å². The van der Waals surface area contributed by atoms with Gasteiger partial charge in [0, 0.05) is 9.79 Å². The molecular weight excluding hydrogens is 256 g/mol. The molecular formula is C16H26S2. The van der Waals surface area contributed by atoms with Crippen molar-refractivity contribution in [1.29, 1.82) is 0 Å². The van der Waals surface area contributed by atoms with Crippen LogP contribution in [0.25, 0.3) is 0 Å². The molecule has 0 aromatic heterocycles. The SMILES string of the molecule is CCCCCSc1cccc(SCCCCC)c1. The molecule has 102 valence electrons. The van der Waals surface area contributed by atoms with Crippen molar-refractivity contribution in [2.75, 3.05) is 11.5 Å². The molecule has 1 rings (SSSR count). The molecule has 0 radical (unpaired) electrons. The zero-order chi connectivity index (χ0) is 13.1. The van der Waals surface area contributed by atoms with E-state index >= 15 is 0 Å². The lowest BCUT2D eigenvalue weighted by Gasteiger charge is -2.05. The summed E-state index contributed by atoms with van der Waals surface area (Å²) in [6, 6.07) is 9.04. The summed E-state index contributed by atoms with van der Waals surface area (Å²) in [5.74, 6) is 2.52. The quantitative estimate of drug-likeness (QED) is 0.367. The van der Waals surface area contributed by atoms with Crippen molar-refractivity contribution in [3.63, 3.8) is 0 Å². The third-order valence-corrected chi connectivity index (χ3v) is 5.00. The topological polar surface area (TPSA) is 0 Å². The van der Waals surface area contributed by atoms with Crippen LogP contribution in [0.3, 0.4) is 0 Å². The van der Waals surface area contributed by atoms with Gasteiger partial charge in [0.2, 0.25) is 0 Å². The Balaban J connectivity index is 2.27. The summed E-state index contributed by atoms with van der Waals surface area (Å²) < 4.78 is 0. The molecule has 0 N–H and O–H groups in total. The number of hydrogen-bond acceptors (Lipinski definition) is 2. The maximum Gasteiger partial charge on any atom is 0.00830 e. The van der Waals surface area contributed by atoms with Crippen LogP contribution in [-0.4, -0.2) is 11.5 Å². The predicted molar refractivity (Wildman–Crippen MR) is 86.9 cm³/mol. The summed E-state index contributed by atoms with van der Waals surface area (Å²) in [6.45, 7) is 4.52. The second-order valence-corrected chi connectivity index (χ2v) is 6.92. The molecule has 18 heavy (non-hydrogen) atoms. The van der Waals surface area contributed by atoms with Crippen LogP contribution in [0.1, 0.15) is 52.4 Å². The van der Waals surface area contributed by atoms with E-state index < -0.39 is 0 Å². The van der Waals surface area contributed by atoms with Gasteiger partial charge in [-0.3, -0.25) is 0 Å². The monoisotopic (exact) mass is 282 g/mol. The van der Waals surface area contributed by atoms with E-state index in [2.05, 4.69) is 38.1 Å². The van der Waals surface area contributed by atoms with Gasteiger partial charge in [-0.05, 0) is 42.5 Å². The maximum atomic E-state index is 2.35. The van der Waals surface area contributed by atoms with E-state index in [0.29, 0.717) is 0 Å². The Kier molecular flexibility index (Phi) is 9.59. The molecule has 1 aromatic carbocycles. The molecule has 0 bridgehead atoms. The average molecular weight is 283 g/mol. The fourth-order valence-corrected chi connectivity index (χ4v) is 3.75. The average Bonchev–Trinajstić information content (AvgIpc) is 2.40. The molecule has 0 heterocycles. The lowest BCUT2D eigenvalue weighted by Crippen LogP contribution is -1.82. The first-order chi connectivity index (χ1) is 8.86. The van der Waals surface area contributed by atoms with E-state index in [0.717, 1.165) is 0 Å². The number of unbranched alkanes of at least 4 members (excludes halogenated alkanes) is 4. The minimum Gasteiger partial charge on any atom is -0.126 e. The Morgan fingerprint density at radius 1 is 0.778 bits per heavy atom. The minimum absolute atomic E-state index is 1.26. The fraction of sp³-hybridized carbons (Fsp3) is 0.625. The minimum atomic E-state index is 1.26. The van der Waals surface area contributed by atoms with E-state index in [1.54, 1.807) is 0 Å². The molecule has 0 saturated carbocycles. The molecule has 0 saturated heterocycles. The van der Waals surface area contributed by atoms with Crippen LogP contribution in [-0.2, 0) is 0 Å². The summed E-state index contributed by atoms with van der Waals surface area (Å²) in [5, 5.41) is 0. The van der Waals surface area contributed by atoms with Gasteiger partial charge in [0.05, 0.1) is 0 Å². The van der Waals surface area contributed by atoms with Crippen LogP contribution in [0.4, 0.5) is 0 Å². The van der Waals surface area contributed by atoms with Gasteiger partial charge in [-0.15, -0.1) is 23.5 Å². The van der Waals surface area contributed by atoms with Gasteiger partial charge in [0.15, 0.2) is 0 Å². The summed E-state index contributed by atoms with van der Waals surface area (Å²) in [6.07, 6.45) is 8.03. The molecule has 0 fully saturated rings. The van der Waals surface area contributed by atoms with Crippen LogP contribution in [0.2, 0.25) is 0 Å². The van der Waals surface area contributed by atoms with Crippen molar-refractivity contribution >= 4 is 23.5 Å². The second-order valence-electron chi connectivity index (χ2n) is 4.59. The number of thioether (sulfide) groups is 2. The number of benzene rings is 1. The molecule has 0 spiro atoms. The molecule has 0 amide bonds. The Morgan fingerprint density at radius 3 is 1.72 bits per heavy atom. The number of rotatable bonds is 10. The van der Waals surface area contributed by atoms with Gasteiger partial charge in [-0.25, -0.2) is 0 Å². The molecule has 0 unspecified atom stereocenters. The van der Waals surface area contributed by atoms with Crippen LogP contribution >= 0.6 is 23.5 Å². The molecule has 0 aliphatic heterocycles. The van der Waals surface area contributed by atoms with Crippen molar-refractivity contribution in [1.82, 2.24) is 0 Å². The maximum absolute atomic E-state index is 2.35. The zero-order valence-corrected chi connectivity index (χ0v) is 13.4. The third kappa shape index (κ3) is 7.38. The van der Waals surface area contributed by atoms with E-state index in [9.17, 15) is 0 Å². The van der Waals surface area contributed by atoms with Gasteiger partial charge in [0.25, 0.3) is 0 Å². The summed E-state index contributed by atoms with van der Waals surface area (Å²) in [7, 11) is 0. The van der Waals surface area contributed by atoms with E-state index in [1.165, 1.54) is 59.8 Å². The first-order valence-electron chi connectivity index (χ1n) is 7.22. The molecule has 2 heteroatoms. The summed E-state index contributed by atoms with van der Waals surface area (Å²) >= 11 is 4.01.